The highest BCUT2D eigenvalue weighted by Crippen LogP contribution is 2.39. The Morgan fingerprint density at radius 1 is 1.21 bits per heavy atom. The average molecular weight is 447 g/mol. The lowest BCUT2D eigenvalue weighted by Gasteiger charge is -2.55. The van der Waals surface area contributed by atoms with E-state index in [-0.39, 0.29) is 7.53 Å². The van der Waals surface area contributed by atoms with Crippen LogP contribution in [0.3, 0.4) is 0 Å². The number of hydrogen-bond donors (Lipinski definition) is 2. The lowest BCUT2D eigenvalue weighted by atomic mass is 9.78. The Bertz CT molecular complexity index is 1180. The monoisotopic (exact) mass is 446 g/mol. The van der Waals surface area contributed by atoms with Gasteiger partial charge < -0.3 is 20.1 Å². The second kappa shape index (κ2) is 8.12. The predicted molar refractivity (Wildman–Crippen MR) is 129 cm³/mol. The Labute approximate surface area is 194 Å². The van der Waals surface area contributed by atoms with Crippen molar-refractivity contribution in [2.75, 3.05) is 36.9 Å². The molecular weight excluding hydrogens is 416 g/mol. The summed E-state index contributed by atoms with van der Waals surface area (Å²) in [6, 6.07) is 9.32. The van der Waals surface area contributed by atoms with Crippen molar-refractivity contribution in [2.24, 2.45) is 5.41 Å². The molecule has 8 heteroatoms. The fourth-order valence-electron chi connectivity index (χ4n) is 4.69. The number of nitrogens with two attached hydrogens (primary N) is 1. The van der Waals surface area contributed by atoms with E-state index in [1.165, 1.54) is 0 Å². The number of nitrogens with one attached hydrogen (secondary N) is 1. The van der Waals surface area contributed by atoms with Gasteiger partial charge in [0.15, 0.2) is 0 Å². The van der Waals surface area contributed by atoms with Crippen LogP contribution in [-0.4, -0.2) is 47.2 Å². The summed E-state index contributed by atoms with van der Waals surface area (Å²) in [4.78, 5) is 6.84. The number of ether oxygens (including phenoxy) is 2. The van der Waals surface area contributed by atoms with Gasteiger partial charge in [0.25, 0.3) is 0 Å². The summed E-state index contributed by atoms with van der Waals surface area (Å²) >= 11 is 0. The Hall–Kier alpha value is -3.52. The smallest absolute Gasteiger partial charge is 0.128 e. The molecule has 0 amide bonds. The van der Waals surface area contributed by atoms with E-state index in [9.17, 15) is 0 Å². The number of aromatic nitrogens is 3. The highest BCUT2D eigenvalue weighted by Gasteiger charge is 2.49. The minimum absolute atomic E-state index is 0. The number of nitrogens with zero attached hydrogens (tertiary/aromatic N) is 4. The molecule has 3 N–H and O–H groups in total. The van der Waals surface area contributed by atoms with Crippen molar-refractivity contribution in [3.05, 3.63) is 70.7 Å². The average Bonchev–Trinajstić information content (AvgIpc) is 2.73. The summed E-state index contributed by atoms with van der Waals surface area (Å²) in [5, 5.41) is 16.9. The fourth-order valence-corrected chi connectivity index (χ4v) is 4.69. The summed E-state index contributed by atoms with van der Waals surface area (Å²) in [5.41, 5.74) is 11.6. The Balaban J connectivity index is 0.00000274. The molecule has 3 aromatic rings. The zero-order valence-corrected chi connectivity index (χ0v) is 19.1. The van der Waals surface area contributed by atoms with Gasteiger partial charge in [-0.25, -0.2) is 4.98 Å². The van der Waals surface area contributed by atoms with Crippen molar-refractivity contribution in [1.29, 1.82) is 5.41 Å². The molecule has 2 fully saturated rings. The lowest BCUT2D eigenvalue weighted by Crippen LogP contribution is -2.66. The number of anilines is 2. The van der Waals surface area contributed by atoms with Crippen molar-refractivity contribution in [2.45, 2.75) is 26.9 Å². The molecule has 1 spiro atoms. The van der Waals surface area contributed by atoms with Gasteiger partial charge in [-0.2, -0.15) is 10.2 Å². The molecule has 2 aliphatic rings. The second-order valence-corrected chi connectivity index (χ2v) is 9.16. The highest BCUT2D eigenvalue weighted by molar-refractivity contribution is 6.13. The molecule has 2 saturated heterocycles. The van der Waals surface area contributed by atoms with Crippen LogP contribution < -0.4 is 15.4 Å². The largest absolute Gasteiger partial charge is 0.486 e. The third-order valence-corrected chi connectivity index (χ3v) is 6.52. The van der Waals surface area contributed by atoms with E-state index < -0.39 is 0 Å². The van der Waals surface area contributed by atoms with E-state index in [1.807, 2.05) is 45.0 Å². The molecule has 0 radical (unpaired) electrons. The summed E-state index contributed by atoms with van der Waals surface area (Å²) < 4.78 is 11.5. The van der Waals surface area contributed by atoms with Gasteiger partial charge in [-0.1, -0.05) is 0 Å². The Morgan fingerprint density at radius 2 is 2.00 bits per heavy atom. The Kier molecular flexibility index (Phi) is 5.25. The zero-order chi connectivity index (χ0) is 23.2. The van der Waals surface area contributed by atoms with Crippen molar-refractivity contribution in [3.8, 4) is 5.75 Å². The molecule has 8 nitrogen and oxygen atoms in total. The number of rotatable bonds is 6. The SMILES string of the molecule is Cc1cnnc(C)c1[C@@H](C)Oc1ccc(N)c(C(=N)c2ccc(N3CC4(COC4)C3)nc2)c1.[HH]. The summed E-state index contributed by atoms with van der Waals surface area (Å²) in [6.45, 7) is 9.56. The summed E-state index contributed by atoms with van der Waals surface area (Å²) in [5.74, 6) is 1.57. The first-order valence-electron chi connectivity index (χ1n) is 11.1. The number of nitrogen functional groups attached to an aromatic ring is 1. The summed E-state index contributed by atoms with van der Waals surface area (Å²) in [6.07, 6.45) is 3.27. The minimum atomic E-state index is -0.215. The van der Waals surface area contributed by atoms with E-state index in [0.29, 0.717) is 33.7 Å². The molecule has 0 bridgehead atoms. The first kappa shape index (κ1) is 21.3. The first-order valence-corrected chi connectivity index (χ1v) is 11.1. The van der Waals surface area contributed by atoms with Crippen LogP contribution >= 0.6 is 0 Å². The second-order valence-electron chi connectivity index (χ2n) is 9.16. The van der Waals surface area contributed by atoms with Crippen LogP contribution in [0.1, 0.15) is 42.4 Å². The molecule has 1 aromatic carbocycles. The number of pyridine rings is 1. The van der Waals surface area contributed by atoms with Crippen LogP contribution in [0.15, 0.2) is 42.7 Å². The molecule has 4 heterocycles. The molecule has 33 heavy (non-hydrogen) atoms. The highest BCUT2D eigenvalue weighted by atomic mass is 16.5. The quantitative estimate of drug-likeness (QED) is 0.439. The normalized spacial score (nSPS) is 17.2. The van der Waals surface area contributed by atoms with Crippen LogP contribution in [-0.2, 0) is 4.74 Å². The van der Waals surface area contributed by atoms with Gasteiger partial charge >= 0.3 is 0 Å². The van der Waals surface area contributed by atoms with Crippen molar-refractivity contribution in [1.82, 2.24) is 15.2 Å². The van der Waals surface area contributed by atoms with Crippen molar-refractivity contribution >= 4 is 17.2 Å². The minimum Gasteiger partial charge on any atom is -0.486 e. The number of benzene rings is 1. The maximum atomic E-state index is 8.74. The molecule has 0 saturated carbocycles. The summed E-state index contributed by atoms with van der Waals surface area (Å²) in [7, 11) is 0. The molecule has 2 aliphatic heterocycles. The van der Waals surface area contributed by atoms with E-state index in [0.717, 1.165) is 48.9 Å². The number of hydrogen-bond acceptors (Lipinski definition) is 8. The van der Waals surface area contributed by atoms with Crippen LogP contribution in [0, 0.1) is 24.7 Å². The lowest BCUT2D eigenvalue weighted by molar-refractivity contribution is -0.127. The molecule has 172 valence electrons. The molecular formula is C25H30N6O2. The number of aryl methyl sites for hydroxylation is 2. The van der Waals surface area contributed by atoms with E-state index in [2.05, 4.69) is 20.1 Å². The van der Waals surface area contributed by atoms with Crippen LogP contribution in [0.25, 0.3) is 0 Å². The van der Waals surface area contributed by atoms with Gasteiger partial charge in [-0.3, -0.25) is 5.41 Å². The van der Waals surface area contributed by atoms with Gasteiger partial charge in [-0.15, -0.1) is 0 Å². The third-order valence-electron chi connectivity index (χ3n) is 6.52. The van der Waals surface area contributed by atoms with Gasteiger partial charge in [-0.05, 0) is 56.7 Å². The predicted octanol–water partition coefficient (Wildman–Crippen LogP) is 3.71. The molecule has 1 atom stereocenters. The van der Waals surface area contributed by atoms with E-state index >= 15 is 0 Å². The van der Waals surface area contributed by atoms with E-state index in [4.69, 9.17) is 20.6 Å². The fraction of sp³-hybridized carbons (Fsp3) is 0.360. The third kappa shape index (κ3) is 3.91. The maximum absolute atomic E-state index is 8.74. The zero-order valence-electron chi connectivity index (χ0n) is 19.1. The van der Waals surface area contributed by atoms with Crippen LogP contribution in [0.5, 0.6) is 5.75 Å². The van der Waals surface area contributed by atoms with Gasteiger partial charge in [0.2, 0.25) is 0 Å². The molecule has 5 rings (SSSR count). The van der Waals surface area contributed by atoms with Gasteiger partial charge in [0, 0.05) is 43.1 Å². The van der Waals surface area contributed by atoms with E-state index in [1.54, 1.807) is 18.5 Å². The molecule has 2 aromatic heterocycles. The van der Waals surface area contributed by atoms with Gasteiger partial charge in [0.05, 0.1) is 36.2 Å². The topological polar surface area (TPSA) is 110 Å². The van der Waals surface area contributed by atoms with Gasteiger partial charge in [0.1, 0.15) is 17.7 Å². The van der Waals surface area contributed by atoms with Crippen LogP contribution in [0.2, 0.25) is 0 Å². The standard InChI is InChI=1S/C25H28N6O2.H2/c1-15-9-29-30-16(2)23(15)17(3)33-19-5-6-21(26)20(8-19)24(27)18-4-7-22(28-10-18)31-11-25(12-31)13-32-14-25;/h4-10,17,27H,11-14,26H2,1-3H3;1H/t17-;/m1./s1. The molecule has 0 unspecified atom stereocenters. The van der Waals surface area contributed by atoms with Crippen LogP contribution in [0.4, 0.5) is 11.5 Å². The first-order chi connectivity index (χ1) is 15.8. The van der Waals surface area contributed by atoms with Crippen molar-refractivity contribution in [3.63, 3.8) is 0 Å². The molecule has 0 aliphatic carbocycles. The Morgan fingerprint density at radius 3 is 2.64 bits per heavy atom. The maximum Gasteiger partial charge on any atom is 0.128 e. The van der Waals surface area contributed by atoms with Crippen molar-refractivity contribution < 1.29 is 10.9 Å².